The molecule has 15 heavy (non-hydrogen) atoms. The maximum atomic E-state index is 11.0. The molecule has 4 nitrogen and oxygen atoms in total. The van der Waals surface area contributed by atoms with Crippen LogP contribution in [0.15, 0.2) is 24.3 Å². The van der Waals surface area contributed by atoms with Crippen LogP contribution in [0.3, 0.4) is 0 Å². The molecule has 0 aromatic heterocycles. The fourth-order valence-electron chi connectivity index (χ4n) is 1.05. The van der Waals surface area contributed by atoms with Crippen molar-refractivity contribution in [3.63, 3.8) is 0 Å². The quantitative estimate of drug-likeness (QED) is 0.770. The standard InChI is InChI=1S/C10H10ClNO3/c1-6(13)9(10(14)15)12-8-4-2-7(11)3-5-8/h2-5,9,12H,1H3,(H,14,15). The van der Waals surface area contributed by atoms with Gasteiger partial charge in [0.15, 0.2) is 11.8 Å². The van der Waals surface area contributed by atoms with Gasteiger partial charge in [0.25, 0.3) is 0 Å². The minimum atomic E-state index is -1.22. The predicted octanol–water partition coefficient (Wildman–Crippen LogP) is 1.79. The summed E-state index contributed by atoms with van der Waals surface area (Å²) in [6.45, 7) is 1.22. The number of hydrogen-bond acceptors (Lipinski definition) is 3. The van der Waals surface area contributed by atoms with Crippen molar-refractivity contribution in [1.29, 1.82) is 0 Å². The van der Waals surface area contributed by atoms with Crippen LogP contribution < -0.4 is 5.32 Å². The number of benzene rings is 1. The van der Waals surface area contributed by atoms with Gasteiger partial charge in [-0.05, 0) is 31.2 Å². The highest BCUT2D eigenvalue weighted by molar-refractivity contribution is 6.30. The molecule has 0 bridgehead atoms. The summed E-state index contributed by atoms with van der Waals surface area (Å²) in [4.78, 5) is 21.7. The smallest absolute Gasteiger partial charge is 0.333 e. The zero-order chi connectivity index (χ0) is 11.4. The molecule has 0 aliphatic carbocycles. The molecule has 0 amide bonds. The van der Waals surface area contributed by atoms with E-state index in [1.807, 2.05) is 0 Å². The van der Waals surface area contributed by atoms with Crippen molar-refractivity contribution in [3.8, 4) is 0 Å². The van der Waals surface area contributed by atoms with Gasteiger partial charge in [-0.15, -0.1) is 0 Å². The fraction of sp³-hybridized carbons (Fsp3) is 0.200. The zero-order valence-electron chi connectivity index (χ0n) is 8.03. The molecule has 1 aromatic carbocycles. The molecule has 5 heteroatoms. The van der Waals surface area contributed by atoms with Gasteiger partial charge in [0.1, 0.15) is 0 Å². The van der Waals surface area contributed by atoms with Crippen LogP contribution >= 0.6 is 11.6 Å². The van der Waals surface area contributed by atoms with Gasteiger partial charge in [0.05, 0.1) is 0 Å². The van der Waals surface area contributed by atoms with Crippen molar-refractivity contribution in [2.75, 3.05) is 5.32 Å². The van der Waals surface area contributed by atoms with E-state index in [4.69, 9.17) is 16.7 Å². The van der Waals surface area contributed by atoms with Gasteiger partial charge in [-0.25, -0.2) is 4.79 Å². The highest BCUT2D eigenvalue weighted by atomic mass is 35.5. The first-order chi connectivity index (χ1) is 7.00. The van der Waals surface area contributed by atoms with Crippen LogP contribution in [0.5, 0.6) is 0 Å². The van der Waals surface area contributed by atoms with E-state index in [1.54, 1.807) is 24.3 Å². The second-order valence-corrected chi connectivity index (χ2v) is 3.47. The molecule has 0 heterocycles. The van der Waals surface area contributed by atoms with Crippen molar-refractivity contribution in [3.05, 3.63) is 29.3 Å². The Bertz CT molecular complexity index is 361. The maximum absolute atomic E-state index is 11.0. The molecule has 0 saturated heterocycles. The Hall–Kier alpha value is -1.55. The lowest BCUT2D eigenvalue weighted by molar-refractivity contribution is -0.140. The van der Waals surface area contributed by atoms with E-state index in [0.717, 1.165) is 0 Å². The third-order valence-corrected chi connectivity index (χ3v) is 2.06. The topological polar surface area (TPSA) is 66.4 Å². The van der Waals surface area contributed by atoms with Crippen molar-refractivity contribution in [2.24, 2.45) is 0 Å². The number of carbonyl (C=O) groups excluding carboxylic acids is 1. The molecular weight excluding hydrogens is 218 g/mol. The average Bonchev–Trinajstić information content (AvgIpc) is 2.15. The van der Waals surface area contributed by atoms with E-state index < -0.39 is 17.8 Å². The minimum absolute atomic E-state index is 0.447. The first-order valence-electron chi connectivity index (χ1n) is 4.26. The van der Waals surface area contributed by atoms with Crippen LogP contribution in [-0.2, 0) is 9.59 Å². The van der Waals surface area contributed by atoms with Gasteiger partial charge in [0.2, 0.25) is 0 Å². The number of carboxylic acid groups (broad SMARTS) is 1. The first kappa shape index (κ1) is 11.5. The number of aliphatic carboxylic acids is 1. The van der Waals surface area contributed by atoms with E-state index >= 15 is 0 Å². The summed E-state index contributed by atoms with van der Waals surface area (Å²) < 4.78 is 0. The van der Waals surface area contributed by atoms with E-state index in [0.29, 0.717) is 10.7 Å². The lowest BCUT2D eigenvalue weighted by Gasteiger charge is -2.12. The molecule has 0 radical (unpaired) electrons. The predicted molar refractivity (Wildman–Crippen MR) is 57.2 cm³/mol. The summed E-state index contributed by atoms with van der Waals surface area (Å²) in [6.07, 6.45) is 0. The minimum Gasteiger partial charge on any atom is -0.479 e. The zero-order valence-corrected chi connectivity index (χ0v) is 8.78. The molecule has 0 aliphatic heterocycles. The molecular formula is C10H10ClNO3. The van der Waals surface area contributed by atoms with E-state index in [9.17, 15) is 9.59 Å². The molecule has 80 valence electrons. The molecule has 2 N–H and O–H groups in total. The van der Waals surface area contributed by atoms with Crippen LogP contribution in [0.4, 0.5) is 5.69 Å². The van der Waals surface area contributed by atoms with Gasteiger partial charge in [0, 0.05) is 10.7 Å². The Balaban J connectivity index is 2.79. The average molecular weight is 228 g/mol. The fourth-order valence-corrected chi connectivity index (χ4v) is 1.18. The molecule has 0 fully saturated rings. The number of Topliss-reactive ketones (excluding diaryl/α,β-unsaturated/α-hetero) is 1. The van der Waals surface area contributed by atoms with E-state index in [-0.39, 0.29) is 0 Å². The Labute approximate surface area is 91.9 Å². The second kappa shape index (κ2) is 4.79. The van der Waals surface area contributed by atoms with E-state index in [2.05, 4.69) is 5.32 Å². The summed E-state index contributed by atoms with van der Waals surface area (Å²) in [7, 11) is 0. The monoisotopic (exact) mass is 227 g/mol. The molecule has 1 atom stereocenters. The van der Waals surface area contributed by atoms with Gasteiger partial charge in [-0.2, -0.15) is 0 Å². The number of ketones is 1. The lowest BCUT2D eigenvalue weighted by atomic mass is 10.2. The number of halogens is 1. The summed E-state index contributed by atoms with van der Waals surface area (Å²) in [5, 5.41) is 11.9. The summed E-state index contributed by atoms with van der Waals surface area (Å²) >= 11 is 5.66. The van der Waals surface area contributed by atoms with Gasteiger partial charge >= 0.3 is 5.97 Å². The van der Waals surface area contributed by atoms with Gasteiger partial charge < -0.3 is 10.4 Å². The van der Waals surface area contributed by atoms with Crippen LogP contribution in [-0.4, -0.2) is 22.9 Å². The number of carbonyl (C=O) groups is 2. The Morgan fingerprint density at radius 3 is 2.27 bits per heavy atom. The Kier molecular flexibility index (Phi) is 3.68. The molecule has 0 spiro atoms. The third-order valence-electron chi connectivity index (χ3n) is 1.81. The summed E-state index contributed by atoms with van der Waals surface area (Å²) in [5.74, 6) is -1.64. The van der Waals surface area contributed by atoms with E-state index in [1.165, 1.54) is 6.92 Å². The van der Waals surface area contributed by atoms with Crippen molar-refractivity contribution in [1.82, 2.24) is 0 Å². The molecule has 1 rings (SSSR count). The van der Waals surface area contributed by atoms with Crippen LogP contribution in [0.25, 0.3) is 0 Å². The van der Waals surface area contributed by atoms with Crippen LogP contribution in [0.2, 0.25) is 5.02 Å². The van der Waals surface area contributed by atoms with Crippen molar-refractivity contribution < 1.29 is 14.7 Å². The Morgan fingerprint density at radius 1 is 1.33 bits per heavy atom. The highest BCUT2D eigenvalue weighted by Gasteiger charge is 2.21. The second-order valence-electron chi connectivity index (χ2n) is 3.03. The largest absolute Gasteiger partial charge is 0.479 e. The molecule has 1 unspecified atom stereocenters. The maximum Gasteiger partial charge on any atom is 0.333 e. The van der Waals surface area contributed by atoms with Gasteiger partial charge in [-0.1, -0.05) is 11.6 Å². The summed E-state index contributed by atoms with van der Waals surface area (Å²) in [6, 6.07) is 5.24. The van der Waals surface area contributed by atoms with Crippen LogP contribution in [0, 0.1) is 0 Å². The van der Waals surface area contributed by atoms with Gasteiger partial charge in [-0.3, -0.25) is 4.79 Å². The number of hydrogen-bond donors (Lipinski definition) is 2. The number of rotatable bonds is 4. The molecule has 0 aliphatic rings. The Morgan fingerprint density at radius 2 is 1.87 bits per heavy atom. The SMILES string of the molecule is CC(=O)C(Nc1ccc(Cl)cc1)C(=O)O. The van der Waals surface area contributed by atoms with Crippen LogP contribution in [0.1, 0.15) is 6.92 Å². The first-order valence-corrected chi connectivity index (χ1v) is 4.64. The molecule has 0 saturated carbocycles. The molecule has 1 aromatic rings. The number of nitrogens with one attached hydrogen (secondary N) is 1. The van der Waals surface area contributed by atoms with Crippen molar-refractivity contribution >= 4 is 29.0 Å². The number of anilines is 1. The van der Waals surface area contributed by atoms with Crippen molar-refractivity contribution in [2.45, 2.75) is 13.0 Å². The third kappa shape index (κ3) is 3.25. The summed E-state index contributed by atoms with van der Waals surface area (Å²) in [5.41, 5.74) is 0.544. The highest BCUT2D eigenvalue weighted by Crippen LogP contribution is 2.14. The normalized spacial score (nSPS) is 11.9. The lowest BCUT2D eigenvalue weighted by Crippen LogP contribution is -2.35. The number of carboxylic acids is 1.